The molecule has 0 heterocycles. The van der Waals surface area contributed by atoms with E-state index in [9.17, 15) is 19.2 Å². The highest BCUT2D eigenvalue weighted by atomic mass is 16.7. The first-order chi connectivity index (χ1) is 19.0. The lowest BCUT2D eigenvalue weighted by Gasteiger charge is -2.18. The molecule has 2 unspecified atom stereocenters. The van der Waals surface area contributed by atoms with Crippen molar-refractivity contribution in [1.29, 1.82) is 0 Å². The van der Waals surface area contributed by atoms with E-state index < -0.39 is 42.5 Å². The van der Waals surface area contributed by atoms with Gasteiger partial charge in [-0.15, -0.1) is 0 Å². The Morgan fingerprint density at radius 3 is 1.90 bits per heavy atom. The summed E-state index contributed by atoms with van der Waals surface area (Å²) in [5.74, 6) is -1.46. The van der Waals surface area contributed by atoms with Crippen LogP contribution in [0.25, 0.3) is 0 Å². The number of rotatable bonds is 13. The van der Waals surface area contributed by atoms with Crippen LogP contribution in [-0.4, -0.2) is 55.2 Å². The van der Waals surface area contributed by atoms with Crippen molar-refractivity contribution in [2.75, 3.05) is 6.61 Å². The molecule has 40 heavy (non-hydrogen) atoms. The molecule has 0 aliphatic carbocycles. The first kappa shape index (κ1) is 32.1. The van der Waals surface area contributed by atoms with Gasteiger partial charge < -0.3 is 34.2 Å². The van der Waals surface area contributed by atoms with E-state index in [0.717, 1.165) is 0 Å². The molecule has 11 nitrogen and oxygen atoms in total. The third kappa shape index (κ3) is 10.9. The van der Waals surface area contributed by atoms with Crippen LogP contribution in [-0.2, 0) is 30.2 Å². The van der Waals surface area contributed by atoms with Crippen molar-refractivity contribution in [3.05, 3.63) is 59.7 Å². The molecule has 0 saturated heterocycles. The van der Waals surface area contributed by atoms with Crippen LogP contribution in [0, 0.1) is 0 Å². The summed E-state index contributed by atoms with van der Waals surface area (Å²) in [6.07, 6.45) is -2.32. The SMILES string of the molecule is CCC(C)OC(=O)Oc1ccc(C[C@H](N)C(=O)O[C@@H](C)COC(=O)c2ccccc2)cc1OC(=O)OC(C)CC. The van der Waals surface area contributed by atoms with Crippen LogP contribution in [0.1, 0.15) is 63.4 Å². The Balaban J connectivity index is 2.04. The zero-order valence-corrected chi connectivity index (χ0v) is 23.4. The molecule has 0 aromatic heterocycles. The number of hydrogen-bond donors (Lipinski definition) is 1. The molecular weight excluding hydrogens is 522 g/mol. The molecule has 0 saturated carbocycles. The van der Waals surface area contributed by atoms with Crippen molar-refractivity contribution in [2.45, 2.75) is 78.2 Å². The minimum atomic E-state index is -1.09. The van der Waals surface area contributed by atoms with E-state index in [1.54, 1.807) is 57.2 Å². The van der Waals surface area contributed by atoms with Gasteiger partial charge in [0.25, 0.3) is 0 Å². The fourth-order valence-corrected chi connectivity index (χ4v) is 3.07. The van der Waals surface area contributed by atoms with Crippen molar-refractivity contribution in [1.82, 2.24) is 0 Å². The summed E-state index contributed by atoms with van der Waals surface area (Å²) < 4.78 is 31.3. The lowest BCUT2D eigenvalue weighted by Crippen LogP contribution is -2.37. The second kappa shape index (κ2) is 16.1. The van der Waals surface area contributed by atoms with E-state index in [1.165, 1.54) is 12.1 Å². The van der Waals surface area contributed by atoms with Gasteiger partial charge in [0.15, 0.2) is 11.5 Å². The highest BCUT2D eigenvalue weighted by Crippen LogP contribution is 2.30. The number of carbonyl (C=O) groups is 4. The summed E-state index contributed by atoms with van der Waals surface area (Å²) in [6.45, 7) is 8.52. The molecule has 0 aliphatic rings. The van der Waals surface area contributed by atoms with Gasteiger partial charge in [0, 0.05) is 0 Å². The molecule has 11 heteroatoms. The van der Waals surface area contributed by atoms with Gasteiger partial charge in [0.2, 0.25) is 0 Å². The average molecular weight is 560 g/mol. The molecule has 0 aliphatic heterocycles. The lowest BCUT2D eigenvalue weighted by atomic mass is 10.1. The Kier molecular flexibility index (Phi) is 12.9. The molecule has 4 atom stereocenters. The third-order valence-corrected chi connectivity index (χ3v) is 5.67. The summed E-state index contributed by atoms with van der Waals surface area (Å²) in [5.41, 5.74) is 6.92. The number of carbonyl (C=O) groups excluding carboxylic acids is 4. The smallest absolute Gasteiger partial charge is 0.458 e. The molecule has 0 fully saturated rings. The Morgan fingerprint density at radius 1 is 0.750 bits per heavy atom. The quantitative estimate of drug-likeness (QED) is 0.201. The lowest BCUT2D eigenvalue weighted by molar-refractivity contribution is -0.151. The Hall–Kier alpha value is -4.12. The minimum absolute atomic E-state index is 0.00369. The van der Waals surface area contributed by atoms with Gasteiger partial charge in [0.1, 0.15) is 31.0 Å². The number of ether oxygens (including phenoxy) is 6. The normalized spacial score (nSPS) is 13.7. The van der Waals surface area contributed by atoms with Crippen molar-refractivity contribution in [2.24, 2.45) is 5.73 Å². The summed E-state index contributed by atoms with van der Waals surface area (Å²) >= 11 is 0. The maximum atomic E-state index is 12.6. The van der Waals surface area contributed by atoms with Gasteiger partial charge in [-0.25, -0.2) is 14.4 Å². The molecule has 0 radical (unpaired) electrons. The molecule has 2 aromatic carbocycles. The van der Waals surface area contributed by atoms with Crippen molar-refractivity contribution in [3.8, 4) is 11.5 Å². The topological polar surface area (TPSA) is 150 Å². The van der Waals surface area contributed by atoms with E-state index in [2.05, 4.69) is 0 Å². The fourth-order valence-electron chi connectivity index (χ4n) is 3.07. The molecule has 218 valence electrons. The second-order valence-electron chi connectivity index (χ2n) is 9.18. The van der Waals surface area contributed by atoms with Gasteiger partial charge >= 0.3 is 24.2 Å². The van der Waals surface area contributed by atoms with Crippen LogP contribution >= 0.6 is 0 Å². The molecule has 0 bridgehead atoms. The maximum absolute atomic E-state index is 12.6. The van der Waals surface area contributed by atoms with Crippen molar-refractivity contribution >= 4 is 24.2 Å². The summed E-state index contributed by atoms with van der Waals surface area (Å²) in [5, 5.41) is 0. The van der Waals surface area contributed by atoms with Gasteiger partial charge in [-0.3, -0.25) is 4.79 Å². The van der Waals surface area contributed by atoms with Crippen molar-refractivity contribution in [3.63, 3.8) is 0 Å². The van der Waals surface area contributed by atoms with Crippen LogP contribution in [0.5, 0.6) is 11.5 Å². The van der Waals surface area contributed by atoms with E-state index in [-0.39, 0.29) is 30.6 Å². The zero-order chi connectivity index (χ0) is 29.7. The highest BCUT2D eigenvalue weighted by molar-refractivity contribution is 5.89. The summed E-state index contributed by atoms with van der Waals surface area (Å²) in [6, 6.07) is 11.7. The highest BCUT2D eigenvalue weighted by Gasteiger charge is 2.23. The van der Waals surface area contributed by atoms with Gasteiger partial charge in [-0.2, -0.15) is 0 Å². The van der Waals surface area contributed by atoms with E-state index in [4.69, 9.17) is 34.2 Å². The first-order valence-electron chi connectivity index (χ1n) is 13.1. The van der Waals surface area contributed by atoms with E-state index >= 15 is 0 Å². The fraction of sp³-hybridized carbons (Fsp3) is 0.448. The van der Waals surface area contributed by atoms with Gasteiger partial charge in [0.05, 0.1) is 5.56 Å². The standard InChI is InChI=1S/C29H37NO10/c1-6-18(3)37-28(33)39-24-14-13-21(16-25(24)40-29(34)38-19(4)7-2)15-23(30)27(32)36-20(5)17-35-26(31)22-11-9-8-10-12-22/h8-14,16,18-20,23H,6-7,15,17,30H2,1-5H3/t18?,19?,20-,23-/m0/s1. The predicted molar refractivity (Wildman–Crippen MR) is 144 cm³/mol. The number of esters is 2. The predicted octanol–water partition coefficient (Wildman–Crippen LogP) is 4.97. The molecule has 0 spiro atoms. The van der Waals surface area contributed by atoms with Gasteiger partial charge in [-0.05, 0) is 69.9 Å². The third-order valence-electron chi connectivity index (χ3n) is 5.67. The van der Waals surface area contributed by atoms with Crippen LogP contribution in [0.2, 0.25) is 0 Å². The number of hydrogen-bond acceptors (Lipinski definition) is 11. The number of nitrogens with two attached hydrogens (primary N) is 1. The second-order valence-corrected chi connectivity index (χ2v) is 9.18. The maximum Gasteiger partial charge on any atom is 0.514 e. The molecular formula is C29H37NO10. The molecule has 2 rings (SSSR count). The monoisotopic (exact) mass is 559 g/mol. The minimum Gasteiger partial charge on any atom is -0.458 e. The Morgan fingerprint density at radius 2 is 1.32 bits per heavy atom. The molecule has 0 amide bonds. The largest absolute Gasteiger partial charge is 0.514 e. The van der Waals surface area contributed by atoms with Crippen molar-refractivity contribution < 1.29 is 47.6 Å². The number of benzene rings is 2. The van der Waals surface area contributed by atoms with Crippen LogP contribution in [0.15, 0.2) is 48.5 Å². The van der Waals surface area contributed by atoms with E-state index in [1.807, 2.05) is 13.8 Å². The molecule has 2 aromatic rings. The molecule has 2 N–H and O–H groups in total. The van der Waals surface area contributed by atoms with Gasteiger partial charge in [-0.1, -0.05) is 38.1 Å². The first-order valence-corrected chi connectivity index (χ1v) is 13.1. The van der Waals surface area contributed by atoms with Crippen LogP contribution < -0.4 is 15.2 Å². The Bertz CT molecular complexity index is 1140. The summed E-state index contributed by atoms with van der Waals surface area (Å²) in [7, 11) is 0. The van der Waals surface area contributed by atoms with Crippen LogP contribution in [0.4, 0.5) is 9.59 Å². The van der Waals surface area contributed by atoms with Crippen LogP contribution in [0.3, 0.4) is 0 Å². The van der Waals surface area contributed by atoms with E-state index in [0.29, 0.717) is 24.0 Å². The zero-order valence-electron chi connectivity index (χ0n) is 23.4. The average Bonchev–Trinajstić information content (AvgIpc) is 2.93. The Labute approximate surface area is 233 Å². The summed E-state index contributed by atoms with van der Waals surface area (Å²) in [4.78, 5) is 49.0.